The maximum Gasteiger partial charge on any atom is 0.137 e. The molecule has 2 aliphatic rings. The van der Waals surface area contributed by atoms with Crippen LogP contribution in [-0.2, 0) is 17.5 Å². The van der Waals surface area contributed by atoms with Crippen LogP contribution in [0.15, 0.2) is 48.7 Å². The second kappa shape index (κ2) is 6.18. The van der Waals surface area contributed by atoms with Crippen molar-refractivity contribution in [2.75, 3.05) is 20.6 Å². The van der Waals surface area contributed by atoms with E-state index >= 15 is 0 Å². The summed E-state index contributed by atoms with van der Waals surface area (Å²) >= 11 is 0. The number of benzene rings is 1. The Labute approximate surface area is 161 Å². The zero-order valence-corrected chi connectivity index (χ0v) is 16.3. The molecule has 3 aromatic rings. The van der Waals surface area contributed by atoms with Crippen LogP contribution in [0.2, 0.25) is 0 Å². The van der Waals surface area contributed by atoms with E-state index in [4.69, 9.17) is 0 Å². The molecule has 3 heterocycles. The Kier molecular flexibility index (Phi) is 3.88. The molecule has 2 N–H and O–H groups in total. The Bertz CT molecular complexity index is 949. The largest absolute Gasteiger partial charge is 0.341 e. The first kappa shape index (κ1) is 17.0. The summed E-state index contributed by atoms with van der Waals surface area (Å²) in [5.41, 5.74) is 5.53. The number of H-pyrrole nitrogens is 1. The number of nitrogens with one attached hydrogen (secondary N) is 2. The summed E-state index contributed by atoms with van der Waals surface area (Å²) in [5.74, 6) is 0. The van der Waals surface area contributed by atoms with Crippen molar-refractivity contribution in [3.05, 3.63) is 65.5 Å². The first-order valence-corrected chi connectivity index (χ1v) is 10.1. The van der Waals surface area contributed by atoms with Crippen molar-refractivity contribution < 1.29 is 0 Å². The Morgan fingerprint density at radius 3 is 2.48 bits per heavy atom. The predicted octanol–water partition coefficient (Wildman–Crippen LogP) is 3.94. The summed E-state index contributed by atoms with van der Waals surface area (Å²) in [6, 6.07) is 15.3. The fourth-order valence-corrected chi connectivity index (χ4v) is 5.52. The van der Waals surface area contributed by atoms with Crippen LogP contribution in [0.5, 0.6) is 0 Å². The van der Waals surface area contributed by atoms with E-state index in [1.165, 1.54) is 22.2 Å². The molecule has 140 valence electrons. The molecular weight excluding hydrogens is 332 g/mol. The molecule has 2 aromatic heterocycles. The number of fused-ring (bicyclic) bond motifs is 4. The minimum absolute atomic E-state index is 0.0581. The number of rotatable bonds is 2. The van der Waals surface area contributed by atoms with Gasteiger partial charge in [0.2, 0.25) is 0 Å². The SMILES string of the molecule is CN(C)C1(c2ccccc2)CCC2(CC1)NCCc1c2[nH]c2ncccc12. The molecule has 5 rings (SSSR count). The van der Waals surface area contributed by atoms with E-state index in [9.17, 15) is 0 Å². The zero-order chi connectivity index (χ0) is 18.5. The van der Waals surface area contributed by atoms with Gasteiger partial charge in [0.25, 0.3) is 0 Å². The molecular formula is C23H28N4. The standard InChI is InChI=1S/C23H28N4/c1-27(2)23(17-7-4-3-5-8-17)13-11-22(12-14-23)20-18(10-16-25-22)19-9-6-15-24-21(19)26-20/h3-9,15,25H,10-14,16H2,1-2H3,(H,24,26). The van der Waals surface area contributed by atoms with Crippen molar-refractivity contribution in [2.45, 2.75) is 43.2 Å². The van der Waals surface area contributed by atoms with Gasteiger partial charge in [-0.3, -0.25) is 4.90 Å². The normalized spacial score (nSPS) is 28.0. The smallest absolute Gasteiger partial charge is 0.137 e. The van der Waals surface area contributed by atoms with E-state index in [0.29, 0.717) is 0 Å². The van der Waals surface area contributed by atoms with Crippen LogP contribution in [0, 0.1) is 0 Å². The third-order valence-electron chi connectivity index (χ3n) is 7.09. The average molecular weight is 361 g/mol. The average Bonchev–Trinajstić information content (AvgIpc) is 3.10. The summed E-state index contributed by atoms with van der Waals surface area (Å²) in [5, 5.41) is 5.21. The van der Waals surface area contributed by atoms with Crippen molar-refractivity contribution >= 4 is 11.0 Å². The van der Waals surface area contributed by atoms with Crippen LogP contribution in [-0.4, -0.2) is 35.5 Å². The molecule has 1 aliphatic carbocycles. The fraction of sp³-hybridized carbons (Fsp3) is 0.435. The molecule has 0 atom stereocenters. The Morgan fingerprint density at radius 1 is 0.963 bits per heavy atom. The molecule has 1 spiro atoms. The summed E-state index contributed by atoms with van der Waals surface area (Å²) < 4.78 is 0. The second-order valence-corrected chi connectivity index (χ2v) is 8.43. The van der Waals surface area contributed by atoms with Crippen LogP contribution in [0.25, 0.3) is 11.0 Å². The zero-order valence-electron chi connectivity index (χ0n) is 16.3. The van der Waals surface area contributed by atoms with Crippen molar-refractivity contribution in [1.29, 1.82) is 0 Å². The van der Waals surface area contributed by atoms with Crippen molar-refractivity contribution in [3.63, 3.8) is 0 Å². The number of aromatic amines is 1. The van der Waals surface area contributed by atoms with Crippen LogP contribution in [0.1, 0.15) is 42.5 Å². The number of pyridine rings is 1. The second-order valence-electron chi connectivity index (χ2n) is 8.43. The molecule has 0 amide bonds. The predicted molar refractivity (Wildman–Crippen MR) is 110 cm³/mol. The lowest BCUT2D eigenvalue weighted by molar-refractivity contribution is 0.0496. The van der Waals surface area contributed by atoms with Gasteiger partial charge in [0.1, 0.15) is 5.65 Å². The Morgan fingerprint density at radius 2 is 1.74 bits per heavy atom. The minimum Gasteiger partial charge on any atom is -0.341 e. The van der Waals surface area contributed by atoms with E-state index < -0.39 is 0 Å². The van der Waals surface area contributed by atoms with Crippen molar-refractivity contribution in [1.82, 2.24) is 20.2 Å². The molecule has 0 saturated heterocycles. The molecule has 4 heteroatoms. The van der Waals surface area contributed by atoms with E-state index in [2.05, 4.69) is 76.7 Å². The van der Waals surface area contributed by atoms with Gasteiger partial charge < -0.3 is 10.3 Å². The van der Waals surface area contributed by atoms with Crippen LogP contribution in [0.3, 0.4) is 0 Å². The van der Waals surface area contributed by atoms with Crippen molar-refractivity contribution in [2.24, 2.45) is 0 Å². The van der Waals surface area contributed by atoms with Gasteiger partial charge in [0.15, 0.2) is 0 Å². The van der Waals surface area contributed by atoms with Crippen molar-refractivity contribution in [3.8, 4) is 0 Å². The first-order chi connectivity index (χ1) is 13.1. The van der Waals surface area contributed by atoms with Gasteiger partial charge in [0.05, 0.1) is 5.54 Å². The lowest BCUT2D eigenvalue weighted by Crippen LogP contribution is -2.55. The maximum atomic E-state index is 4.58. The number of hydrogen-bond donors (Lipinski definition) is 2. The highest BCUT2D eigenvalue weighted by Crippen LogP contribution is 2.50. The molecule has 27 heavy (non-hydrogen) atoms. The number of nitrogens with zero attached hydrogens (tertiary/aromatic N) is 2. The van der Waals surface area contributed by atoms with Crippen LogP contribution >= 0.6 is 0 Å². The van der Waals surface area contributed by atoms with Crippen LogP contribution < -0.4 is 5.32 Å². The van der Waals surface area contributed by atoms with Gasteiger partial charge in [-0.05, 0) is 69.5 Å². The highest BCUT2D eigenvalue weighted by molar-refractivity contribution is 5.82. The molecule has 0 radical (unpaired) electrons. The Balaban J connectivity index is 1.53. The van der Waals surface area contributed by atoms with E-state index in [-0.39, 0.29) is 11.1 Å². The highest BCUT2D eigenvalue weighted by Gasteiger charge is 2.48. The summed E-state index contributed by atoms with van der Waals surface area (Å²) in [4.78, 5) is 10.7. The topological polar surface area (TPSA) is 44.0 Å². The molecule has 1 aromatic carbocycles. The van der Waals surface area contributed by atoms with Gasteiger partial charge in [-0.2, -0.15) is 0 Å². The number of hydrogen-bond acceptors (Lipinski definition) is 3. The monoisotopic (exact) mass is 360 g/mol. The third kappa shape index (κ3) is 2.47. The molecule has 4 nitrogen and oxygen atoms in total. The molecule has 0 bridgehead atoms. The Hall–Kier alpha value is -2.17. The minimum atomic E-state index is 0.0581. The van der Waals surface area contributed by atoms with E-state index in [0.717, 1.165) is 44.3 Å². The molecule has 0 unspecified atom stereocenters. The lowest BCUT2D eigenvalue weighted by atomic mass is 9.66. The number of aromatic nitrogens is 2. The summed E-state index contributed by atoms with van der Waals surface area (Å²) in [7, 11) is 4.47. The van der Waals surface area contributed by atoms with E-state index in [1.54, 1.807) is 0 Å². The molecule has 1 fully saturated rings. The van der Waals surface area contributed by atoms with Gasteiger partial charge in [-0.15, -0.1) is 0 Å². The lowest BCUT2D eigenvalue weighted by Gasteiger charge is -2.51. The molecule has 1 saturated carbocycles. The molecule has 1 aliphatic heterocycles. The summed E-state index contributed by atoms with van der Waals surface area (Å²) in [6.07, 6.45) is 7.55. The highest BCUT2D eigenvalue weighted by atomic mass is 15.2. The van der Waals surface area contributed by atoms with E-state index in [1.807, 2.05) is 6.20 Å². The first-order valence-electron chi connectivity index (χ1n) is 10.1. The van der Waals surface area contributed by atoms with Crippen LogP contribution in [0.4, 0.5) is 0 Å². The van der Waals surface area contributed by atoms with Gasteiger partial charge >= 0.3 is 0 Å². The maximum absolute atomic E-state index is 4.58. The fourth-order valence-electron chi connectivity index (χ4n) is 5.52. The van der Waals surface area contributed by atoms with Gasteiger partial charge in [0, 0.05) is 29.4 Å². The third-order valence-corrected chi connectivity index (χ3v) is 7.09. The van der Waals surface area contributed by atoms with Gasteiger partial charge in [-0.1, -0.05) is 30.3 Å². The summed E-state index contributed by atoms with van der Waals surface area (Å²) in [6.45, 7) is 1.05. The van der Waals surface area contributed by atoms with Gasteiger partial charge in [-0.25, -0.2) is 4.98 Å². The quantitative estimate of drug-likeness (QED) is 0.728.